The molecule has 9 heteroatoms. The van der Waals surface area contributed by atoms with Crippen LogP contribution >= 0.6 is 11.3 Å². The van der Waals surface area contributed by atoms with E-state index in [4.69, 9.17) is 0 Å². The lowest BCUT2D eigenvalue weighted by Gasteiger charge is -2.05. The van der Waals surface area contributed by atoms with Gasteiger partial charge in [-0.25, -0.2) is 14.4 Å². The Labute approximate surface area is 183 Å². The van der Waals surface area contributed by atoms with E-state index in [1.54, 1.807) is 0 Å². The van der Waals surface area contributed by atoms with Crippen molar-refractivity contribution in [3.8, 4) is 0 Å². The molecule has 0 aliphatic heterocycles. The molecular weight excluding hydrogens is 415 g/mol. The van der Waals surface area contributed by atoms with Gasteiger partial charge < -0.3 is 15.6 Å². The van der Waals surface area contributed by atoms with Crippen LogP contribution in [0.5, 0.6) is 0 Å². The maximum atomic E-state index is 13.7. The lowest BCUT2D eigenvalue weighted by Crippen LogP contribution is -2.25. The molecule has 0 fully saturated rings. The fourth-order valence-corrected chi connectivity index (χ4v) is 4.22. The van der Waals surface area contributed by atoms with Crippen LogP contribution in [0.25, 0.3) is 11.0 Å². The van der Waals surface area contributed by atoms with Crippen LogP contribution in [-0.2, 0) is 25.9 Å². The minimum absolute atomic E-state index is 0.0284. The van der Waals surface area contributed by atoms with Gasteiger partial charge in [0.1, 0.15) is 17.3 Å². The summed E-state index contributed by atoms with van der Waals surface area (Å²) in [4.78, 5) is 29.8. The molecule has 3 N–H and O–H groups in total. The predicted molar refractivity (Wildman–Crippen MR) is 118 cm³/mol. The second-order valence-electron chi connectivity index (χ2n) is 6.97. The van der Waals surface area contributed by atoms with Crippen molar-refractivity contribution in [1.82, 2.24) is 30.6 Å². The Morgan fingerprint density at radius 2 is 2.03 bits per heavy atom. The van der Waals surface area contributed by atoms with Crippen molar-refractivity contribution in [2.75, 3.05) is 6.54 Å². The number of hydrogen-bond donors (Lipinski definition) is 3. The van der Waals surface area contributed by atoms with Gasteiger partial charge in [-0.1, -0.05) is 19.1 Å². The molecule has 160 valence electrons. The average molecular weight is 439 g/mol. The van der Waals surface area contributed by atoms with Gasteiger partial charge in [0.05, 0.1) is 34.8 Å². The Balaban J connectivity index is 1.31. The lowest BCUT2D eigenvalue weighted by atomic mass is 10.2. The molecule has 1 amide bonds. The van der Waals surface area contributed by atoms with E-state index in [0.29, 0.717) is 31.6 Å². The van der Waals surface area contributed by atoms with Gasteiger partial charge in [0, 0.05) is 24.0 Å². The summed E-state index contributed by atoms with van der Waals surface area (Å²) in [5.41, 5.74) is 2.59. The number of hydrogen-bond acceptors (Lipinski definition) is 6. The standard InChI is InChI=1S/C22H23FN6OS/c1-2-18-21(22(30)26-12-17-14(23)6-5-10-25-17)29-20(31-18)9-11-24-13-19-27-15-7-3-4-8-16(15)28-19/h3-8,10,24H,2,9,11-13H2,1H3,(H,26,30)(H,27,28). The maximum Gasteiger partial charge on any atom is 0.271 e. The summed E-state index contributed by atoms with van der Waals surface area (Å²) < 4.78 is 13.7. The van der Waals surface area contributed by atoms with E-state index in [1.165, 1.54) is 29.7 Å². The minimum atomic E-state index is -0.437. The molecule has 31 heavy (non-hydrogen) atoms. The third-order valence-corrected chi connectivity index (χ3v) is 6.03. The first-order valence-electron chi connectivity index (χ1n) is 10.1. The highest BCUT2D eigenvalue weighted by atomic mass is 32.1. The van der Waals surface area contributed by atoms with Crippen LogP contribution in [0.2, 0.25) is 0 Å². The molecule has 0 unspecified atom stereocenters. The highest BCUT2D eigenvalue weighted by Gasteiger charge is 2.17. The van der Waals surface area contributed by atoms with Gasteiger partial charge in [0.2, 0.25) is 0 Å². The number of rotatable bonds is 9. The highest BCUT2D eigenvalue weighted by Crippen LogP contribution is 2.20. The number of H-pyrrole nitrogens is 1. The van der Waals surface area contributed by atoms with Crippen molar-refractivity contribution in [2.24, 2.45) is 0 Å². The number of imidazole rings is 1. The zero-order valence-electron chi connectivity index (χ0n) is 17.1. The Morgan fingerprint density at radius 3 is 2.84 bits per heavy atom. The molecule has 0 aliphatic carbocycles. The number of thiazole rings is 1. The first-order chi connectivity index (χ1) is 15.1. The molecule has 0 saturated carbocycles. The van der Waals surface area contributed by atoms with Crippen LogP contribution in [0.4, 0.5) is 4.39 Å². The fraction of sp³-hybridized carbons (Fsp3) is 0.273. The van der Waals surface area contributed by atoms with Crippen LogP contribution in [0, 0.1) is 5.82 Å². The number of aromatic nitrogens is 4. The second kappa shape index (κ2) is 9.76. The summed E-state index contributed by atoms with van der Waals surface area (Å²) in [5.74, 6) is 0.143. The second-order valence-corrected chi connectivity index (χ2v) is 8.14. The van der Waals surface area contributed by atoms with Gasteiger partial charge >= 0.3 is 0 Å². The molecule has 0 radical (unpaired) electrons. The molecule has 3 heterocycles. The number of para-hydroxylation sites is 2. The predicted octanol–water partition coefficient (Wildman–Crippen LogP) is 3.38. The maximum absolute atomic E-state index is 13.7. The van der Waals surface area contributed by atoms with Crippen molar-refractivity contribution in [1.29, 1.82) is 0 Å². The van der Waals surface area contributed by atoms with Crippen molar-refractivity contribution >= 4 is 28.3 Å². The van der Waals surface area contributed by atoms with E-state index in [9.17, 15) is 9.18 Å². The average Bonchev–Trinajstić information content (AvgIpc) is 3.39. The molecule has 0 saturated heterocycles. The molecule has 0 aliphatic rings. The molecule has 4 rings (SSSR count). The molecule has 7 nitrogen and oxygen atoms in total. The number of nitrogens with zero attached hydrogens (tertiary/aromatic N) is 3. The third-order valence-electron chi connectivity index (χ3n) is 4.78. The van der Waals surface area contributed by atoms with Crippen LogP contribution in [0.3, 0.4) is 0 Å². The Bertz CT molecular complexity index is 1150. The monoisotopic (exact) mass is 438 g/mol. The van der Waals surface area contributed by atoms with Crippen LogP contribution in [-0.4, -0.2) is 32.4 Å². The van der Waals surface area contributed by atoms with Gasteiger partial charge in [-0.15, -0.1) is 11.3 Å². The van der Waals surface area contributed by atoms with Gasteiger partial charge in [0.25, 0.3) is 5.91 Å². The number of pyridine rings is 1. The van der Waals surface area contributed by atoms with Gasteiger partial charge in [-0.05, 0) is 30.7 Å². The third kappa shape index (κ3) is 5.12. The number of amides is 1. The van der Waals surface area contributed by atoms with Crippen molar-refractivity contribution in [3.63, 3.8) is 0 Å². The SMILES string of the molecule is CCc1sc(CCNCc2nc3ccccc3[nH]2)nc1C(=O)NCc1ncccc1F. The van der Waals surface area contributed by atoms with Crippen molar-refractivity contribution < 1.29 is 9.18 Å². The first-order valence-corrected chi connectivity index (χ1v) is 11.0. The zero-order chi connectivity index (χ0) is 21.6. The minimum Gasteiger partial charge on any atom is -0.345 e. The smallest absolute Gasteiger partial charge is 0.271 e. The summed E-state index contributed by atoms with van der Waals surface area (Å²) in [6, 6.07) is 10.8. The number of aryl methyl sites for hydroxylation is 1. The van der Waals surface area contributed by atoms with Crippen LogP contribution < -0.4 is 10.6 Å². The summed E-state index contributed by atoms with van der Waals surface area (Å²) in [5, 5.41) is 6.97. The zero-order valence-corrected chi connectivity index (χ0v) is 17.9. The number of nitrogens with one attached hydrogen (secondary N) is 3. The summed E-state index contributed by atoms with van der Waals surface area (Å²) in [6.07, 6.45) is 2.92. The highest BCUT2D eigenvalue weighted by molar-refractivity contribution is 7.11. The number of benzene rings is 1. The Morgan fingerprint density at radius 1 is 1.16 bits per heavy atom. The Hall–Kier alpha value is -3.17. The van der Waals surface area contributed by atoms with E-state index in [-0.39, 0.29) is 18.1 Å². The van der Waals surface area contributed by atoms with Crippen LogP contribution in [0.1, 0.15) is 38.8 Å². The van der Waals surface area contributed by atoms with E-state index in [1.807, 2.05) is 31.2 Å². The van der Waals surface area contributed by atoms with Gasteiger partial charge in [-0.2, -0.15) is 0 Å². The van der Waals surface area contributed by atoms with E-state index < -0.39 is 5.82 Å². The number of halogens is 1. The summed E-state index contributed by atoms with van der Waals surface area (Å²) in [6.45, 7) is 3.37. The number of carbonyl (C=O) groups is 1. The molecular formula is C22H23FN6OS. The molecule has 0 atom stereocenters. The molecule has 0 bridgehead atoms. The number of fused-ring (bicyclic) bond motifs is 1. The largest absolute Gasteiger partial charge is 0.345 e. The first kappa shape index (κ1) is 21.1. The van der Waals surface area contributed by atoms with E-state index in [0.717, 1.165) is 26.7 Å². The van der Waals surface area contributed by atoms with E-state index in [2.05, 4.69) is 30.6 Å². The Kier molecular flexibility index (Phi) is 6.63. The summed E-state index contributed by atoms with van der Waals surface area (Å²) >= 11 is 1.54. The quantitative estimate of drug-likeness (QED) is 0.348. The number of aromatic amines is 1. The molecule has 3 aromatic heterocycles. The van der Waals surface area contributed by atoms with Gasteiger partial charge in [-0.3, -0.25) is 9.78 Å². The summed E-state index contributed by atoms with van der Waals surface area (Å²) in [7, 11) is 0. The normalized spacial score (nSPS) is 11.2. The molecule has 0 spiro atoms. The molecule has 4 aromatic rings. The van der Waals surface area contributed by atoms with Crippen LogP contribution in [0.15, 0.2) is 42.6 Å². The lowest BCUT2D eigenvalue weighted by molar-refractivity contribution is 0.0944. The van der Waals surface area contributed by atoms with Crippen molar-refractivity contribution in [3.05, 3.63) is 75.5 Å². The molecule has 1 aromatic carbocycles. The van der Waals surface area contributed by atoms with E-state index >= 15 is 0 Å². The van der Waals surface area contributed by atoms with Crippen molar-refractivity contribution in [2.45, 2.75) is 32.9 Å². The fourth-order valence-electron chi connectivity index (χ4n) is 3.21. The van der Waals surface area contributed by atoms with Gasteiger partial charge in [0.15, 0.2) is 0 Å². The number of carbonyl (C=O) groups excluding carboxylic acids is 1. The topological polar surface area (TPSA) is 95.6 Å².